The fourth-order valence-corrected chi connectivity index (χ4v) is 2.48. The molecular formula is C16H23N3O2. The fraction of sp³-hybridized carbons (Fsp3) is 0.438. The van der Waals surface area contributed by atoms with Crippen LogP contribution in [0.15, 0.2) is 24.4 Å². The Bertz CT molecular complexity index is 608. The van der Waals surface area contributed by atoms with Crippen molar-refractivity contribution < 1.29 is 9.47 Å². The van der Waals surface area contributed by atoms with E-state index >= 15 is 0 Å². The van der Waals surface area contributed by atoms with E-state index in [4.69, 9.17) is 15.2 Å². The van der Waals surface area contributed by atoms with Gasteiger partial charge in [0.2, 0.25) is 0 Å². The second-order valence-corrected chi connectivity index (χ2v) is 5.04. The van der Waals surface area contributed by atoms with Crippen LogP contribution >= 0.6 is 0 Å². The van der Waals surface area contributed by atoms with Gasteiger partial charge in [-0.05, 0) is 19.4 Å². The first-order chi connectivity index (χ1) is 10.1. The number of hydrogen-bond acceptors (Lipinski definition) is 4. The van der Waals surface area contributed by atoms with E-state index in [-0.39, 0.29) is 6.04 Å². The minimum Gasteiger partial charge on any atom is -0.496 e. The van der Waals surface area contributed by atoms with E-state index in [1.165, 1.54) is 0 Å². The molecule has 2 aromatic rings. The van der Waals surface area contributed by atoms with Crippen LogP contribution in [0.4, 0.5) is 0 Å². The van der Waals surface area contributed by atoms with Crippen molar-refractivity contribution in [2.75, 3.05) is 14.2 Å². The molecule has 0 radical (unpaired) electrons. The van der Waals surface area contributed by atoms with Crippen LogP contribution in [0, 0.1) is 6.92 Å². The maximum absolute atomic E-state index is 6.49. The predicted molar refractivity (Wildman–Crippen MR) is 82.8 cm³/mol. The first-order valence-corrected chi connectivity index (χ1v) is 7.12. The van der Waals surface area contributed by atoms with Crippen molar-refractivity contribution in [1.29, 1.82) is 0 Å². The standard InChI is InChI=1S/C16H23N3O2/c1-5-8-19-16(14(21-4)10-18-19)15(17)12-9-11(2)6-7-13(12)20-3/h6-7,9-10,15H,5,8,17H2,1-4H3. The zero-order valence-electron chi connectivity index (χ0n) is 13.1. The lowest BCUT2D eigenvalue weighted by molar-refractivity contribution is 0.396. The van der Waals surface area contributed by atoms with Gasteiger partial charge in [0, 0.05) is 12.1 Å². The summed E-state index contributed by atoms with van der Waals surface area (Å²) in [5, 5.41) is 4.37. The van der Waals surface area contributed by atoms with Gasteiger partial charge in [0.15, 0.2) is 5.75 Å². The van der Waals surface area contributed by atoms with Crippen LogP contribution in [0.3, 0.4) is 0 Å². The summed E-state index contributed by atoms with van der Waals surface area (Å²) in [6.07, 6.45) is 2.70. The van der Waals surface area contributed by atoms with Gasteiger partial charge < -0.3 is 15.2 Å². The van der Waals surface area contributed by atoms with E-state index in [0.29, 0.717) is 5.75 Å². The zero-order valence-corrected chi connectivity index (χ0v) is 13.1. The zero-order chi connectivity index (χ0) is 15.4. The van der Waals surface area contributed by atoms with Gasteiger partial charge in [-0.25, -0.2) is 0 Å². The maximum Gasteiger partial charge on any atom is 0.161 e. The summed E-state index contributed by atoms with van der Waals surface area (Å²) in [4.78, 5) is 0. The van der Waals surface area contributed by atoms with Crippen molar-refractivity contribution in [2.45, 2.75) is 32.9 Å². The molecule has 0 fully saturated rings. The average Bonchev–Trinajstić information content (AvgIpc) is 2.89. The highest BCUT2D eigenvalue weighted by atomic mass is 16.5. The van der Waals surface area contributed by atoms with Crippen LogP contribution in [0.5, 0.6) is 11.5 Å². The summed E-state index contributed by atoms with van der Waals surface area (Å²) in [6.45, 7) is 4.95. The number of rotatable bonds is 6. The molecule has 0 saturated carbocycles. The number of ether oxygens (including phenoxy) is 2. The van der Waals surface area contributed by atoms with Crippen LogP contribution in [0.2, 0.25) is 0 Å². The lowest BCUT2D eigenvalue weighted by atomic mass is 10.0. The molecule has 1 aromatic heterocycles. The Morgan fingerprint density at radius 2 is 1.95 bits per heavy atom. The summed E-state index contributed by atoms with van der Waals surface area (Å²) >= 11 is 0. The van der Waals surface area contributed by atoms with Crippen molar-refractivity contribution in [3.63, 3.8) is 0 Å². The van der Waals surface area contributed by atoms with E-state index in [0.717, 1.165) is 35.5 Å². The van der Waals surface area contributed by atoms with E-state index in [1.807, 2.05) is 29.8 Å². The molecule has 1 atom stereocenters. The van der Waals surface area contributed by atoms with Gasteiger partial charge in [-0.2, -0.15) is 5.10 Å². The second-order valence-electron chi connectivity index (χ2n) is 5.04. The van der Waals surface area contributed by atoms with Crippen LogP contribution in [-0.4, -0.2) is 24.0 Å². The number of aromatic nitrogens is 2. The van der Waals surface area contributed by atoms with Crippen LogP contribution in [0.1, 0.15) is 36.2 Å². The molecule has 0 aliphatic rings. The minimum absolute atomic E-state index is 0.344. The largest absolute Gasteiger partial charge is 0.496 e. The summed E-state index contributed by atoms with van der Waals surface area (Å²) in [5.41, 5.74) is 9.45. The van der Waals surface area contributed by atoms with Crippen molar-refractivity contribution >= 4 is 0 Å². The number of benzene rings is 1. The molecule has 0 aliphatic heterocycles. The Labute approximate surface area is 125 Å². The van der Waals surface area contributed by atoms with E-state index < -0.39 is 0 Å². The quantitative estimate of drug-likeness (QED) is 0.888. The van der Waals surface area contributed by atoms with E-state index in [9.17, 15) is 0 Å². The van der Waals surface area contributed by atoms with Gasteiger partial charge in [-0.3, -0.25) is 4.68 Å². The van der Waals surface area contributed by atoms with E-state index in [1.54, 1.807) is 20.4 Å². The van der Waals surface area contributed by atoms with Crippen molar-refractivity contribution in [2.24, 2.45) is 5.73 Å². The van der Waals surface area contributed by atoms with Crippen LogP contribution in [0.25, 0.3) is 0 Å². The number of methoxy groups -OCH3 is 2. The molecule has 5 heteroatoms. The highest BCUT2D eigenvalue weighted by Gasteiger charge is 2.23. The third kappa shape index (κ3) is 3.03. The second kappa shape index (κ2) is 6.63. The van der Waals surface area contributed by atoms with Gasteiger partial charge in [0.25, 0.3) is 0 Å². The van der Waals surface area contributed by atoms with Crippen molar-refractivity contribution in [3.05, 3.63) is 41.2 Å². The third-order valence-corrected chi connectivity index (χ3v) is 3.52. The predicted octanol–water partition coefficient (Wildman–Crippen LogP) is 2.67. The molecule has 0 aliphatic carbocycles. The first-order valence-electron chi connectivity index (χ1n) is 7.12. The maximum atomic E-state index is 6.49. The number of nitrogens with two attached hydrogens (primary N) is 1. The summed E-state index contributed by atoms with van der Waals surface area (Å²) in [7, 11) is 3.29. The van der Waals surface area contributed by atoms with Crippen molar-refractivity contribution in [3.8, 4) is 11.5 Å². The number of aryl methyl sites for hydroxylation is 2. The number of hydrogen-bond donors (Lipinski definition) is 1. The molecular weight excluding hydrogens is 266 g/mol. The summed E-state index contributed by atoms with van der Waals surface area (Å²) in [5.74, 6) is 1.49. The Balaban J connectivity index is 2.51. The topological polar surface area (TPSA) is 62.3 Å². The molecule has 1 heterocycles. The molecule has 0 amide bonds. The van der Waals surface area contributed by atoms with Gasteiger partial charge >= 0.3 is 0 Å². The lowest BCUT2D eigenvalue weighted by Crippen LogP contribution is -2.19. The van der Waals surface area contributed by atoms with Gasteiger partial charge in [0.05, 0.1) is 26.5 Å². The molecule has 2 rings (SSSR count). The van der Waals surface area contributed by atoms with Crippen LogP contribution in [-0.2, 0) is 6.54 Å². The van der Waals surface area contributed by atoms with Crippen LogP contribution < -0.4 is 15.2 Å². The Hall–Kier alpha value is -2.01. The SMILES string of the molecule is CCCn1ncc(OC)c1C(N)c1cc(C)ccc1OC. The monoisotopic (exact) mass is 289 g/mol. The smallest absolute Gasteiger partial charge is 0.161 e. The molecule has 0 bridgehead atoms. The highest BCUT2D eigenvalue weighted by Crippen LogP contribution is 2.33. The molecule has 114 valence electrons. The fourth-order valence-electron chi connectivity index (χ4n) is 2.48. The van der Waals surface area contributed by atoms with Gasteiger partial charge in [-0.15, -0.1) is 0 Å². The molecule has 5 nitrogen and oxygen atoms in total. The highest BCUT2D eigenvalue weighted by molar-refractivity contribution is 5.45. The lowest BCUT2D eigenvalue weighted by Gasteiger charge is -2.19. The van der Waals surface area contributed by atoms with Gasteiger partial charge in [-0.1, -0.05) is 24.6 Å². The molecule has 1 unspecified atom stereocenters. The Kier molecular flexibility index (Phi) is 4.85. The summed E-state index contributed by atoms with van der Waals surface area (Å²) in [6, 6.07) is 5.66. The Morgan fingerprint density at radius 3 is 2.57 bits per heavy atom. The molecule has 0 saturated heterocycles. The minimum atomic E-state index is -0.344. The first kappa shape index (κ1) is 15.4. The normalized spacial score (nSPS) is 12.2. The molecule has 2 N–H and O–H groups in total. The summed E-state index contributed by atoms with van der Waals surface area (Å²) < 4.78 is 12.8. The number of nitrogens with zero attached hydrogens (tertiary/aromatic N) is 2. The third-order valence-electron chi connectivity index (χ3n) is 3.52. The van der Waals surface area contributed by atoms with E-state index in [2.05, 4.69) is 12.0 Å². The molecule has 0 spiro atoms. The molecule has 21 heavy (non-hydrogen) atoms. The Morgan fingerprint density at radius 1 is 1.24 bits per heavy atom. The average molecular weight is 289 g/mol. The van der Waals surface area contributed by atoms with Gasteiger partial charge in [0.1, 0.15) is 11.4 Å². The molecule has 1 aromatic carbocycles. The van der Waals surface area contributed by atoms with Crippen molar-refractivity contribution in [1.82, 2.24) is 9.78 Å².